The van der Waals surface area contributed by atoms with E-state index in [-0.39, 0.29) is 24.0 Å². The largest absolute Gasteiger partial charge is 0.384 e. The molecule has 2 amide bonds. The lowest BCUT2D eigenvalue weighted by Gasteiger charge is -2.46. The Labute approximate surface area is 201 Å². The molecule has 0 aromatic heterocycles. The number of carbonyl (C=O) groups is 3. The van der Waals surface area contributed by atoms with E-state index in [9.17, 15) is 14.4 Å². The van der Waals surface area contributed by atoms with Gasteiger partial charge in [0.05, 0.1) is 5.92 Å². The summed E-state index contributed by atoms with van der Waals surface area (Å²) < 4.78 is 0. The van der Waals surface area contributed by atoms with Gasteiger partial charge in [-0.3, -0.25) is 19.3 Å². The van der Waals surface area contributed by atoms with Crippen LogP contribution in [0, 0.1) is 0 Å². The van der Waals surface area contributed by atoms with Crippen molar-refractivity contribution < 1.29 is 14.4 Å². The van der Waals surface area contributed by atoms with Crippen molar-refractivity contribution in [1.82, 2.24) is 14.7 Å². The number of carbonyl (C=O) groups excluding carboxylic acids is 3. The molecule has 4 unspecified atom stereocenters. The van der Waals surface area contributed by atoms with Crippen molar-refractivity contribution in [3.8, 4) is 0 Å². The lowest BCUT2D eigenvalue weighted by molar-refractivity contribution is -0.143. The number of Topliss-reactive ketones (excluding diaryl/α,β-unsaturated/α-hetero) is 1. The first kappa shape index (κ1) is 24.0. The van der Waals surface area contributed by atoms with Crippen LogP contribution in [0.5, 0.6) is 0 Å². The van der Waals surface area contributed by atoms with E-state index in [0.717, 1.165) is 17.8 Å². The van der Waals surface area contributed by atoms with Crippen molar-refractivity contribution in [2.45, 2.75) is 44.8 Å². The smallest absolute Gasteiger partial charge is 0.290 e. The van der Waals surface area contributed by atoms with Gasteiger partial charge in [0.1, 0.15) is 0 Å². The number of nitrogens with one attached hydrogen (secondary N) is 1. The standard InChI is InChI=1S/C27H34N4O3/c1-17-16-31(18(2)15-30(17)19(3)20-9-7-6-8-10-20)26(33)21-11-12-24-22(13-21)23(14-28-24)25(32)27(34)29(4)5/h6-13,17-19,23,28H,14-16H2,1-5H3. The number of ketones is 1. The monoisotopic (exact) mass is 462 g/mol. The summed E-state index contributed by atoms with van der Waals surface area (Å²) in [6.07, 6.45) is 0. The predicted molar refractivity (Wildman–Crippen MR) is 133 cm³/mol. The van der Waals surface area contributed by atoms with Crippen molar-refractivity contribution in [1.29, 1.82) is 0 Å². The fourth-order valence-electron chi connectivity index (χ4n) is 5.14. The van der Waals surface area contributed by atoms with Crippen molar-refractivity contribution in [2.24, 2.45) is 0 Å². The molecule has 0 spiro atoms. The highest BCUT2D eigenvalue weighted by atomic mass is 16.2. The van der Waals surface area contributed by atoms with E-state index < -0.39 is 17.6 Å². The summed E-state index contributed by atoms with van der Waals surface area (Å²) in [7, 11) is 3.15. The van der Waals surface area contributed by atoms with Gasteiger partial charge in [-0.15, -0.1) is 0 Å². The lowest BCUT2D eigenvalue weighted by atomic mass is 9.94. The van der Waals surface area contributed by atoms with Crippen LogP contribution in [0.4, 0.5) is 5.69 Å². The first-order valence-corrected chi connectivity index (χ1v) is 11.9. The highest BCUT2D eigenvalue weighted by Gasteiger charge is 2.37. The van der Waals surface area contributed by atoms with Gasteiger partial charge in [0.25, 0.3) is 11.8 Å². The molecule has 4 rings (SSSR count). The summed E-state index contributed by atoms with van der Waals surface area (Å²) in [5.74, 6) is -1.59. The number of benzene rings is 2. The number of fused-ring (bicyclic) bond motifs is 1. The Morgan fingerprint density at radius 3 is 2.38 bits per heavy atom. The van der Waals surface area contributed by atoms with Crippen LogP contribution in [0.15, 0.2) is 48.5 Å². The fraction of sp³-hybridized carbons (Fsp3) is 0.444. The summed E-state index contributed by atoms with van der Waals surface area (Å²) in [6, 6.07) is 16.4. The summed E-state index contributed by atoms with van der Waals surface area (Å²) in [5.41, 5.74) is 3.36. The van der Waals surface area contributed by atoms with Gasteiger partial charge >= 0.3 is 0 Å². The predicted octanol–water partition coefficient (Wildman–Crippen LogP) is 3.15. The molecule has 0 saturated carbocycles. The van der Waals surface area contributed by atoms with Crippen LogP contribution >= 0.6 is 0 Å². The second kappa shape index (κ2) is 9.58. The minimum Gasteiger partial charge on any atom is -0.384 e. The molecule has 34 heavy (non-hydrogen) atoms. The Hall–Kier alpha value is -3.19. The highest BCUT2D eigenvalue weighted by molar-refractivity contribution is 6.38. The number of anilines is 1. The molecule has 1 N–H and O–H groups in total. The molecule has 2 aliphatic heterocycles. The van der Waals surface area contributed by atoms with E-state index in [1.807, 2.05) is 23.1 Å². The molecule has 7 heteroatoms. The summed E-state index contributed by atoms with van der Waals surface area (Å²) in [4.78, 5) is 44.2. The van der Waals surface area contributed by atoms with Crippen molar-refractivity contribution in [3.05, 3.63) is 65.2 Å². The van der Waals surface area contributed by atoms with Gasteiger partial charge in [-0.05, 0) is 50.1 Å². The van der Waals surface area contributed by atoms with Gasteiger partial charge in [-0.25, -0.2) is 0 Å². The van der Waals surface area contributed by atoms with E-state index >= 15 is 0 Å². The lowest BCUT2D eigenvalue weighted by Crippen LogP contribution is -2.58. The van der Waals surface area contributed by atoms with Gasteiger partial charge in [-0.2, -0.15) is 0 Å². The molecule has 0 aliphatic carbocycles. The molecule has 7 nitrogen and oxygen atoms in total. The Morgan fingerprint density at radius 1 is 1.00 bits per heavy atom. The SMILES string of the molecule is CC1CN(C(C)c2ccccc2)C(C)CN1C(=O)c1ccc2c(c1)C(C(=O)C(=O)N(C)C)CN2. The van der Waals surface area contributed by atoms with E-state index in [2.05, 4.69) is 55.3 Å². The van der Waals surface area contributed by atoms with Gasteiger partial charge in [0, 0.05) is 63.1 Å². The van der Waals surface area contributed by atoms with Gasteiger partial charge in [0.15, 0.2) is 0 Å². The fourth-order valence-corrected chi connectivity index (χ4v) is 5.14. The Morgan fingerprint density at radius 2 is 1.71 bits per heavy atom. The van der Waals surface area contributed by atoms with Crippen LogP contribution < -0.4 is 5.32 Å². The van der Waals surface area contributed by atoms with Crippen LogP contribution in [-0.4, -0.2) is 78.1 Å². The molecule has 180 valence electrons. The Kier molecular flexibility index (Phi) is 6.75. The second-order valence-electron chi connectivity index (χ2n) is 9.74. The number of piperazine rings is 1. The molecular weight excluding hydrogens is 428 g/mol. The van der Waals surface area contributed by atoms with Crippen LogP contribution in [0.3, 0.4) is 0 Å². The number of nitrogens with zero attached hydrogens (tertiary/aromatic N) is 3. The number of rotatable bonds is 5. The normalized spacial score (nSPS) is 23.1. The molecule has 2 aromatic rings. The third-order valence-corrected chi connectivity index (χ3v) is 7.18. The summed E-state index contributed by atoms with van der Waals surface area (Å²) in [6.45, 7) is 8.26. The average molecular weight is 463 g/mol. The molecule has 0 bridgehead atoms. The minimum atomic E-state index is -0.572. The van der Waals surface area contributed by atoms with Crippen LogP contribution in [-0.2, 0) is 9.59 Å². The number of hydrogen-bond donors (Lipinski definition) is 1. The average Bonchev–Trinajstić information content (AvgIpc) is 3.27. The van der Waals surface area contributed by atoms with E-state index in [0.29, 0.717) is 18.7 Å². The molecule has 2 aliphatic rings. The van der Waals surface area contributed by atoms with Gasteiger partial charge < -0.3 is 15.1 Å². The molecule has 2 aromatic carbocycles. The summed E-state index contributed by atoms with van der Waals surface area (Å²) >= 11 is 0. The zero-order valence-corrected chi connectivity index (χ0v) is 20.6. The van der Waals surface area contributed by atoms with Crippen molar-refractivity contribution in [3.63, 3.8) is 0 Å². The summed E-state index contributed by atoms with van der Waals surface area (Å²) in [5, 5.41) is 3.20. The number of amides is 2. The van der Waals surface area contributed by atoms with Crippen LogP contribution in [0.1, 0.15) is 54.2 Å². The van der Waals surface area contributed by atoms with Gasteiger partial charge in [-0.1, -0.05) is 30.3 Å². The van der Waals surface area contributed by atoms with Crippen molar-refractivity contribution in [2.75, 3.05) is 39.0 Å². The van der Waals surface area contributed by atoms with E-state index in [1.165, 1.54) is 10.5 Å². The number of likely N-dealkylation sites (N-methyl/N-ethyl adjacent to an activating group) is 1. The second-order valence-corrected chi connectivity index (χ2v) is 9.74. The quantitative estimate of drug-likeness (QED) is 0.691. The molecule has 4 atom stereocenters. The highest BCUT2D eigenvalue weighted by Crippen LogP contribution is 2.34. The maximum atomic E-state index is 13.5. The van der Waals surface area contributed by atoms with Gasteiger partial charge in [0.2, 0.25) is 5.78 Å². The topological polar surface area (TPSA) is 73.0 Å². The maximum Gasteiger partial charge on any atom is 0.290 e. The zero-order valence-electron chi connectivity index (χ0n) is 20.6. The van der Waals surface area contributed by atoms with Crippen LogP contribution in [0.2, 0.25) is 0 Å². The zero-order chi connectivity index (χ0) is 24.6. The third kappa shape index (κ3) is 4.44. The molecule has 0 radical (unpaired) electrons. The number of hydrogen-bond acceptors (Lipinski definition) is 5. The maximum absolute atomic E-state index is 13.5. The molecule has 2 heterocycles. The Balaban J connectivity index is 1.51. The molecular formula is C27H34N4O3. The van der Waals surface area contributed by atoms with E-state index in [1.54, 1.807) is 20.2 Å². The minimum absolute atomic E-state index is 0.0359. The third-order valence-electron chi connectivity index (χ3n) is 7.18. The molecule has 1 fully saturated rings. The van der Waals surface area contributed by atoms with Crippen LogP contribution in [0.25, 0.3) is 0 Å². The van der Waals surface area contributed by atoms with Crippen molar-refractivity contribution >= 4 is 23.3 Å². The molecule has 1 saturated heterocycles. The Bertz CT molecular complexity index is 1080. The first-order chi connectivity index (χ1) is 16.2. The first-order valence-electron chi connectivity index (χ1n) is 11.9. The van der Waals surface area contributed by atoms with E-state index in [4.69, 9.17) is 0 Å².